The van der Waals surface area contributed by atoms with Crippen LogP contribution in [0.25, 0.3) is 10.7 Å². The molecule has 3 rings (SSSR count). The minimum absolute atomic E-state index is 0.109. The molecular weight excluding hydrogens is 314 g/mol. The molecule has 0 aromatic carbocycles. The lowest BCUT2D eigenvalue weighted by Crippen LogP contribution is -2.04. The fourth-order valence-corrected chi connectivity index (χ4v) is 2.20. The molecule has 0 atom stereocenters. The van der Waals surface area contributed by atoms with Gasteiger partial charge in [-0.25, -0.2) is 4.79 Å². The first-order valence-corrected chi connectivity index (χ1v) is 6.79. The molecule has 22 heavy (non-hydrogen) atoms. The summed E-state index contributed by atoms with van der Waals surface area (Å²) in [6, 6.07) is 5.90. The Labute approximate surface area is 126 Å². The molecule has 0 fully saturated rings. The van der Waals surface area contributed by atoms with Crippen LogP contribution in [0.1, 0.15) is 16.4 Å². The monoisotopic (exact) mass is 321 g/mol. The van der Waals surface area contributed by atoms with Crippen LogP contribution in [0, 0.1) is 10.1 Å². The summed E-state index contributed by atoms with van der Waals surface area (Å²) >= 11 is 1.44. The van der Waals surface area contributed by atoms with Gasteiger partial charge >= 0.3 is 11.9 Å². The van der Waals surface area contributed by atoms with Crippen molar-refractivity contribution in [2.45, 2.75) is 6.61 Å². The number of esters is 1. The van der Waals surface area contributed by atoms with Gasteiger partial charge in [-0.2, -0.15) is 4.98 Å². The first-order chi connectivity index (χ1) is 10.6. The van der Waals surface area contributed by atoms with E-state index in [1.165, 1.54) is 11.3 Å². The Bertz CT molecular complexity index is 807. The molecule has 0 N–H and O–H groups in total. The molecule has 0 amide bonds. The van der Waals surface area contributed by atoms with Crippen LogP contribution in [0.3, 0.4) is 0 Å². The van der Waals surface area contributed by atoms with Crippen molar-refractivity contribution in [1.82, 2.24) is 10.1 Å². The summed E-state index contributed by atoms with van der Waals surface area (Å²) in [4.78, 5) is 26.3. The Balaban J connectivity index is 1.62. The maximum absolute atomic E-state index is 11.7. The van der Waals surface area contributed by atoms with Gasteiger partial charge in [0.05, 0.1) is 10.9 Å². The lowest BCUT2D eigenvalue weighted by Gasteiger charge is -1.97. The molecule has 0 aliphatic carbocycles. The molecule has 3 aromatic heterocycles. The van der Waals surface area contributed by atoms with Gasteiger partial charge in [-0.3, -0.25) is 10.1 Å². The van der Waals surface area contributed by atoms with Crippen molar-refractivity contribution >= 4 is 23.2 Å². The molecule has 0 bridgehead atoms. The lowest BCUT2D eigenvalue weighted by molar-refractivity contribution is -0.402. The smallest absolute Gasteiger partial charge is 0.433 e. The number of hydrogen-bond donors (Lipinski definition) is 0. The molecule has 0 saturated heterocycles. The first-order valence-electron chi connectivity index (χ1n) is 5.91. The fraction of sp³-hybridized carbons (Fsp3) is 0.0833. The number of thiophene rings is 1. The number of carbonyl (C=O) groups excluding carboxylic acids is 1. The van der Waals surface area contributed by atoms with E-state index in [1.807, 2.05) is 17.5 Å². The Morgan fingerprint density at radius 2 is 2.27 bits per heavy atom. The molecular formula is C12H7N3O6S. The van der Waals surface area contributed by atoms with Crippen molar-refractivity contribution in [3.8, 4) is 10.7 Å². The average Bonchev–Trinajstić information content (AvgIpc) is 3.23. The molecule has 3 heterocycles. The summed E-state index contributed by atoms with van der Waals surface area (Å²) in [5.74, 6) is -1.16. The average molecular weight is 321 g/mol. The Morgan fingerprint density at radius 3 is 2.95 bits per heavy atom. The van der Waals surface area contributed by atoms with Crippen LogP contribution in [0.4, 0.5) is 5.88 Å². The highest BCUT2D eigenvalue weighted by Gasteiger charge is 2.19. The fourth-order valence-electron chi connectivity index (χ4n) is 1.55. The predicted octanol–water partition coefficient (Wildman–Crippen LogP) is 2.66. The summed E-state index contributed by atoms with van der Waals surface area (Å²) in [5, 5.41) is 16.1. The van der Waals surface area contributed by atoms with E-state index in [4.69, 9.17) is 13.7 Å². The molecule has 0 radical (unpaired) electrons. The van der Waals surface area contributed by atoms with Crippen molar-refractivity contribution in [3.63, 3.8) is 0 Å². The van der Waals surface area contributed by atoms with Crippen LogP contribution in [0.15, 0.2) is 38.6 Å². The maximum atomic E-state index is 11.7. The standard InChI is InChI=1S/C12H7N3O6S/c16-12(7-3-4-10(20-7)15(17)18)19-6-9-13-11(14-21-9)8-2-1-5-22-8/h1-5H,6H2. The van der Waals surface area contributed by atoms with E-state index in [2.05, 4.69) is 10.1 Å². The molecule has 112 valence electrons. The van der Waals surface area contributed by atoms with Crippen LogP contribution in [0.2, 0.25) is 0 Å². The second kappa shape index (κ2) is 5.77. The molecule has 0 spiro atoms. The molecule has 0 unspecified atom stereocenters. The number of hydrogen-bond acceptors (Lipinski definition) is 9. The number of nitro groups is 1. The van der Waals surface area contributed by atoms with E-state index < -0.39 is 16.8 Å². The van der Waals surface area contributed by atoms with Crippen molar-refractivity contribution < 1.29 is 23.4 Å². The summed E-state index contributed by atoms with van der Waals surface area (Å²) < 4.78 is 14.6. The van der Waals surface area contributed by atoms with Crippen molar-refractivity contribution in [2.75, 3.05) is 0 Å². The molecule has 9 nitrogen and oxygen atoms in total. The quantitative estimate of drug-likeness (QED) is 0.399. The third kappa shape index (κ3) is 2.86. The highest BCUT2D eigenvalue weighted by Crippen LogP contribution is 2.21. The Hall–Kier alpha value is -3.01. The largest absolute Gasteiger partial charge is 0.450 e. The Kier molecular flexibility index (Phi) is 3.66. The second-order valence-corrected chi connectivity index (χ2v) is 4.91. The number of aromatic nitrogens is 2. The van der Waals surface area contributed by atoms with Gasteiger partial charge in [0.25, 0.3) is 5.89 Å². The minimum Gasteiger partial charge on any atom is -0.450 e. The van der Waals surface area contributed by atoms with E-state index >= 15 is 0 Å². The van der Waals surface area contributed by atoms with Gasteiger partial charge in [-0.1, -0.05) is 11.2 Å². The molecule has 3 aromatic rings. The second-order valence-electron chi connectivity index (χ2n) is 3.96. The van der Waals surface area contributed by atoms with E-state index in [1.54, 1.807) is 0 Å². The number of furan rings is 1. The van der Waals surface area contributed by atoms with Crippen LogP contribution in [0.5, 0.6) is 0 Å². The molecule has 10 heteroatoms. The van der Waals surface area contributed by atoms with Gasteiger partial charge in [0.1, 0.15) is 4.92 Å². The van der Waals surface area contributed by atoms with Gasteiger partial charge < -0.3 is 13.7 Å². The zero-order chi connectivity index (χ0) is 15.5. The maximum Gasteiger partial charge on any atom is 0.433 e. The summed E-state index contributed by atoms with van der Waals surface area (Å²) in [6.07, 6.45) is 0. The number of rotatable bonds is 5. The number of nitrogens with zero attached hydrogens (tertiary/aromatic N) is 3. The van der Waals surface area contributed by atoms with E-state index in [-0.39, 0.29) is 18.3 Å². The molecule has 0 aliphatic heterocycles. The molecule has 0 aliphatic rings. The van der Waals surface area contributed by atoms with Gasteiger partial charge in [-0.15, -0.1) is 11.3 Å². The van der Waals surface area contributed by atoms with Gasteiger partial charge in [0, 0.05) is 0 Å². The van der Waals surface area contributed by atoms with Crippen molar-refractivity contribution in [1.29, 1.82) is 0 Å². The topological polar surface area (TPSA) is 122 Å². The molecule has 0 saturated carbocycles. The number of carbonyl (C=O) groups is 1. The van der Waals surface area contributed by atoms with Crippen LogP contribution in [-0.2, 0) is 11.3 Å². The summed E-state index contributed by atoms with van der Waals surface area (Å²) in [7, 11) is 0. The minimum atomic E-state index is -0.857. The highest BCUT2D eigenvalue weighted by atomic mass is 32.1. The Morgan fingerprint density at radius 1 is 1.41 bits per heavy atom. The first kappa shape index (κ1) is 13.9. The summed E-state index contributed by atoms with van der Waals surface area (Å²) in [5.41, 5.74) is 0. The van der Waals surface area contributed by atoms with E-state index in [0.29, 0.717) is 5.82 Å². The highest BCUT2D eigenvalue weighted by molar-refractivity contribution is 7.13. The third-order valence-electron chi connectivity index (χ3n) is 2.51. The van der Waals surface area contributed by atoms with Crippen LogP contribution < -0.4 is 0 Å². The van der Waals surface area contributed by atoms with Crippen LogP contribution >= 0.6 is 11.3 Å². The summed E-state index contributed by atoms with van der Waals surface area (Å²) in [6.45, 7) is -0.258. The SMILES string of the molecule is O=C(OCc1nc(-c2cccs2)no1)c1ccc([N+](=O)[O-])o1. The van der Waals surface area contributed by atoms with Crippen LogP contribution in [-0.4, -0.2) is 21.0 Å². The zero-order valence-corrected chi connectivity index (χ0v) is 11.6. The van der Waals surface area contributed by atoms with E-state index in [9.17, 15) is 14.9 Å². The van der Waals surface area contributed by atoms with Gasteiger partial charge in [-0.05, 0) is 17.5 Å². The van der Waals surface area contributed by atoms with E-state index in [0.717, 1.165) is 17.0 Å². The van der Waals surface area contributed by atoms with Crippen molar-refractivity contribution in [3.05, 3.63) is 51.4 Å². The normalized spacial score (nSPS) is 10.5. The predicted molar refractivity (Wildman–Crippen MR) is 72.1 cm³/mol. The lowest BCUT2D eigenvalue weighted by atomic mass is 10.4. The zero-order valence-electron chi connectivity index (χ0n) is 10.8. The van der Waals surface area contributed by atoms with Gasteiger partial charge in [0.15, 0.2) is 6.61 Å². The van der Waals surface area contributed by atoms with Gasteiger partial charge in [0.2, 0.25) is 11.6 Å². The third-order valence-corrected chi connectivity index (χ3v) is 3.38. The number of ether oxygens (including phenoxy) is 1. The van der Waals surface area contributed by atoms with Crippen molar-refractivity contribution in [2.24, 2.45) is 0 Å².